The van der Waals surface area contributed by atoms with Crippen molar-refractivity contribution in [2.75, 3.05) is 32.1 Å². The maximum Gasteiger partial charge on any atom is 0.315 e. The number of anilines is 2. The molecule has 1 aliphatic carbocycles. The van der Waals surface area contributed by atoms with E-state index in [9.17, 15) is 9.59 Å². The van der Waals surface area contributed by atoms with Gasteiger partial charge in [-0.3, -0.25) is 4.79 Å². The summed E-state index contributed by atoms with van der Waals surface area (Å²) in [7, 11) is 3.31. The van der Waals surface area contributed by atoms with E-state index in [4.69, 9.17) is 21.3 Å². The van der Waals surface area contributed by atoms with E-state index in [2.05, 4.69) is 37.4 Å². The van der Waals surface area contributed by atoms with Crippen molar-refractivity contribution in [1.82, 2.24) is 35.7 Å². The first-order valence-corrected chi connectivity index (χ1v) is 17.4. The van der Waals surface area contributed by atoms with Gasteiger partial charge in [0.1, 0.15) is 5.82 Å². The van der Waals surface area contributed by atoms with E-state index < -0.39 is 0 Å². The van der Waals surface area contributed by atoms with Gasteiger partial charge in [-0.25, -0.2) is 19.4 Å². The predicted octanol–water partition coefficient (Wildman–Crippen LogP) is 5.99. The van der Waals surface area contributed by atoms with Crippen LogP contribution in [0, 0.1) is 13.8 Å². The number of carbonyl (C=O) groups excluding carboxylic acids is 1. The maximum atomic E-state index is 12.9. The third-order valence-corrected chi connectivity index (χ3v) is 10.4. The molecule has 5 heterocycles. The molecule has 12 heteroatoms. The number of halogens is 1. The highest BCUT2D eigenvalue weighted by Crippen LogP contribution is 2.41. The van der Waals surface area contributed by atoms with Gasteiger partial charge >= 0.3 is 6.03 Å². The van der Waals surface area contributed by atoms with Gasteiger partial charge in [0.25, 0.3) is 5.56 Å². The zero-order valence-electron chi connectivity index (χ0n) is 28.7. The standard InChI is InChI=1S/C31H28ClN5O2.C7H13N3O/c1-17-14-20-16-33-37(3)31(38)27(20)29(34-17)35-25-13-7-9-21(18(25)2)23-11-6-12-24(28(23)32)26-15-19-8-5-10-22(19)30(36-26)39-4;11-6-9-4-2-7(10-6)1-3-8-5-7/h6-7,9,11-16H,5,8,10H2,1-4H3,(H,34,35);8H,1-5H2,(H2,9,10,11). The Hall–Kier alpha value is -5.00. The Balaban J connectivity index is 0.000000302. The lowest BCUT2D eigenvalue weighted by molar-refractivity contribution is 0.211. The second-order valence-corrected chi connectivity index (χ2v) is 13.6. The van der Waals surface area contributed by atoms with Crippen LogP contribution in [-0.2, 0) is 19.9 Å². The van der Waals surface area contributed by atoms with E-state index >= 15 is 0 Å². The quantitative estimate of drug-likeness (QED) is 0.177. The summed E-state index contributed by atoms with van der Waals surface area (Å²) < 4.78 is 6.94. The fourth-order valence-corrected chi connectivity index (χ4v) is 7.61. The number of methoxy groups -OCH3 is 1. The molecule has 8 rings (SSSR count). The van der Waals surface area contributed by atoms with Gasteiger partial charge in [0.15, 0.2) is 0 Å². The SMILES string of the molecule is COc1nc(-c2cccc(-c3cccc(Nc4nc(C)cc5cnn(C)c(=O)c45)c3C)c2Cl)cc2c1CCC2.O=C1NCCC2(CCNC2)N1. The maximum absolute atomic E-state index is 12.9. The Labute approximate surface area is 295 Å². The van der Waals surface area contributed by atoms with Crippen LogP contribution in [0.3, 0.4) is 0 Å². The van der Waals surface area contributed by atoms with E-state index in [1.54, 1.807) is 20.4 Å². The molecule has 2 aliphatic heterocycles. The van der Waals surface area contributed by atoms with Crippen LogP contribution in [0.1, 0.15) is 41.6 Å². The highest BCUT2D eigenvalue weighted by atomic mass is 35.5. The van der Waals surface area contributed by atoms with Crippen LogP contribution in [0.2, 0.25) is 5.02 Å². The van der Waals surface area contributed by atoms with Crippen molar-refractivity contribution < 1.29 is 9.53 Å². The number of aryl methyl sites for hydroxylation is 3. The number of amides is 2. The largest absolute Gasteiger partial charge is 0.481 e. The fraction of sp³-hybridized carbons (Fsp3) is 0.342. The van der Waals surface area contributed by atoms with Crippen LogP contribution in [-0.4, -0.2) is 58.1 Å². The number of rotatable bonds is 5. The summed E-state index contributed by atoms with van der Waals surface area (Å²) >= 11 is 7.08. The molecule has 258 valence electrons. The number of nitrogens with zero attached hydrogens (tertiary/aromatic N) is 4. The molecule has 3 aliphatic rings. The summed E-state index contributed by atoms with van der Waals surface area (Å²) in [5.41, 5.74) is 8.52. The molecule has 2 aromatic carbocycles. The zero-order chi connectivity index (χ0) is 35.0. The molecule has 2 fully saturated rings. The van der Waals surface area contributed by atoms with E-state index in [0.717, 1.165) is 96.5 Å². The van der Waals surface area contributed by atoms with Crippen LogP contribution < -0.4 is 31.6 Å². The molecule has 0 radical (unpaired) electrons. The number of urea groups is 1. The Kier molecular flexibility index (Phi) is 9.19. The summed E-state index contributed by atoms with van der Waals surface area (Å²) in [6.45, 7) is 6.71. The van der Waals surface area contributed by atoms with E-state index in [0.29, 0.717) is 22.1 Å². The van der Waals surface area contributed by atoms with Crippen LogP contribution in [0.4, 0.5) is 16.3 Å². The van der Waals surface area contributed by atoms with E-state index in [1.807, 2.05) is 56.3 Å². The van der Waals surface area contributed by atoms with E-state index in [-0.39, 0.29) is 17.1 Å². The van der Waals surface area contributed by atoms with Crippen LogP contribution >= 0.6 is 11.6 Å². The molecule has 3 aromatic heterocycles. The normalized spacial score (nSPS) is 17.9. The molecular formula is C38H41ClN8O3. The number of carbonyl (C=O) groups is 1. The summed E-state index contributed by atoms with van der Waals surface area (Å²) in [4.78, 5) is 33.4. The number of fused-ring (bicyclic) bond motifs is 2. The van der Waals surface area contributed by atoms with Crippen molar-refractivity contribution in [2.24, 2.45) is 7.05 Å². The minimum Gasteiger partial charge on any atom is -0.481 e. The van der Waals surface area contributed by atoms with Gasteiger partial charge in [-0.15, -0.1) is 0 Å². The summed E-state index contributed by atoms with van der Waals surface area (Å²) in [6.07, 6.45) is 6.93. The molecule has 1 atom stereocenters. The molecule has 50 heavy (non-hydrogen) atoms. The van der Waals surface area contributed by atoms with E-state index in [1.165, 1.54) is 15.8 Å². The number of benzene rings is 2. The van der Waals surface area contributed by atoms with Gasteiger partial charge in [-0.05, 0) is 87.4 Å². The van der Waals surface area contributed by atoms with Gasteiger partial charge in [0.2, 0.25) is 5.88 Å². The fourth-order valence-electron chi connectivity index (χ4n) is 7.29. The molecule has 1 spiro atoms. The van der Waals surface area contributed by atoms with Crippen molar-refractivity contribution in [1.29, 1.82) is 0 Å². The van der Waals surface area contributed by atoms with Gasteiger partial charge < -0.3 is 26.0 Å². The second kappa shape index (κ2) is 13.7. The minimum atomic E-state index is -0.204. The number of aromatic nitrogens is 4. The van der Waals surface area contributed by atoms with Crippen LogP contribution in [0.25, 0.3) is 33.2 Å². The molecular weight excluding hydrogens is 652 g/mol. The van der Waals surface area contributed by atoms with Crippen molar-refractivity contribution in [3.05, 3.63) is 92.5 Å². The number of nitrogens with one attached hydrogen (secondary N) is 4. The number of hydrogen-bond donors (Lipinski definition) is 4. The molecule has 5 aromatic rings. The van der Waals surface area contributed by atoms with Gasteiger partial charge in [-0.1, -0.05) is 41.9 Å². The van der Waals surface area contributed by atoms with Crippen molar-refractivity contribution in [2.45, 2.75) is 51.5 Å². The number of hydrogen-bond acceptors (Lipinski definition) is 8. The zero-order valence-corrected chi connectivity index (χ0v) is 29.5. The average molecular weight is 693 g/mol. The molecule has 2 saturated heterocycles. The monoisotopic (exact) mass is 692 g/mol. The predicted molar refractivity (Wildman–Crippen MR) is 198 cm³/mol. The van der Waals surface area contributed by atoms with Gasteiger partial charge in [-0.2, -0.15) is 5.10 Å². The molecule has 11 nitrogen and oxygen atoms in total. The molecule has 2 amide bonds. The first-order chi connectivity index (χ1) is 24.2. The molecule has 0 bridgehead atoms. The highest BCUT2D eigenvalue weighted by molar-refractivity contribution is 6.36. The summed E-state index contributed by atoms with van der Waals surface area (Å²) in [5, 5.41) is 18.4. The van der Waals surface area contributed by atoms with Crippen LogP contribution in [0.15, 0.2) is 59.5 Å². The summed E-state index contributed by atoms with van der Waals surface area (Å²) in [6, 6.07) is 16.0. The van der Waals surface area contributed by atoms with Gasteiger partial charge in [0.05, 0.1) is 34.9 Å². The van der Waals surface area contributed by atoms with Crippen molar-refractivity contribution in [3.63, 3.8) is 0 Å². The Morgan fingerprint density at radius 3 is 2.54 bits per heavy atom. The molecule has 1 unspecified atom stereocenters. The lowest BCUT2D eigenvalue weighted by Crippen LogP contribution is -2.59. The Bertz CT molecular complexity index is 2180. The topological polar surface area (TPSA) is 135 Å². The number of pyridine rings is 2. The number of ether oxygens (including phenoxy) is 1. The van der Waals surface area contributed by atoms with Crippen LogP contribution in [0.5, 0.6) is 5.88 Å². The van der Waals surface area contributed by atoms with Crippen molar-refractivity contribution >= 4 is 39.9 Å². The smallest absolute Gasteiger partial charge is 0.315 e. The average Bonchev–Trinajstić information content (AvgIpc) is 3.77. The Morgan fingerprint density at radius 1 is 0.980 bits per heavy atom. The lowest BCUT2D eigenvalue weighted by atomic mass is 9.93. The highest BCUT2D eigenvalue weighted by Gasteiger charge is 2.37. The van der Waals surface area contributed by atoms with Gasteiger partial charge in [0, 0.05) is 53.6 Å². The first kappa shape index (κ1) is 33.5. The Morgan fingerprint density at radius 2 is 1.76 bits per heavy atom. The second-order valence-electron chi connectivity index (χ2n) is 13.3. The van der Waals surface area contributed by atoms with Crippen molar-refractivity contribution in [3.8, 4) is 28.3 Å². The molecule has 4 N–H and O–H groups in total. The third-order valence-electron chi connectivity index (χ3n) is 9.96. The molecule has 0 saturated carbocycles. The summed E-state index contributed by atoms with van der Waals surface area (Å²) in [5.74, 6) is 1.19. The first-order valence-electron chi connectivity index (χ1n) is 17.0. The lowest BCUT2D eigenvalue weighted by Gasteiger charge is -2.33. The minimum absolute atomic E-state index is 0.0139. The third kappa shape index (κ3) is 6.38.